The van der Waals surface area contributed by atoms with Crippen LogP contribution in [0.1, 0.15) is 19.3 Å². The van der Waals surface area contributed by atoms with E-state index in [4.69, 9.17) is 0 Å². The van der Waals surface area contributed by atoms with E-state index in [0.29, 0.717) is 6.42 Å². The molecule has 28 heavy (non-hydrogen) atoms. The van der Waals surface area contributed by atoms with Crippen molar-refractivity contribution in [2.24, 2.45) is 11.8 Å². The molecule has 2 aromatic rings. The average molecular weight is 421 g/mol. The molecule has 1 saturated carbocycles. The maximum Gasteiger partial charge on any atom is 0.198 e. The number of aliphatic hydroxyl groups excluding tert-OH is 1. The Morgan fingerprint density at radius 3 is 1.75 bits per heavy atom. The van der Waals surface area contributed by atoms with Crippen molar-refractivity contribution in [1.82, 2.24) is 0 Å². The molecule has 150 valence electrons. The largest absolute Gasteiger partial charge is 0.396 e. The lowest BCUT2D eigenvalue weighted by Gasteiger charge is -2.29. The lowest BCUT2D eigenvalue weighted by Crippen LogP contribution is -2.44. The SMILES string of the molecule is C=C[C@H]1CC(S(=O)(=O)c2ccccc2)(S(=O)(=O)c2ccccc2)C[C@H]1CCO. The van der Waals surface area contributed by atoms with Crippen LogP contribution in [0.15, 0.2) is 83.1 Å². The third kappa shape index (κ3) is 3.21. The summed E-state index contributed by atoms with van der Waals surface area (Å²) in [6.45, 7) is 3.64. The molecule has 0 bridgehead atoms. The van der Waals surface area contributed by atoms with Crippen molar-refractivity contribution in [2.75, 3.05) is 6.61 Å². The minimum atomic E-state index is -4.22. The van der Waals surface area contributed by atoms with E-state index in [1.54, 1.807) is 42.5 Å². The number of sulfone groups is 2. The monoisotopic (exact) mass is 420 g/mol. The molecule has 1 fully saturated rings. The van der Waals surface area contributed by atoms with Crippen molar-refractivity contribution >= 4 is 19.7 Å². The quantitative estimate of drug-likeness (QED) is 0.695. The Morgan fingerprint density at radius 2 is 1.36 bits per heavy atom. The van der Waals surface area contributed by atoms with E-state index < -0.39 is 23.8 Å². The highest BCUT2D eigenvalue weighted by Gasteiger charge is 2.61. The van der Waals surface area contributed by atoms with E-state index >= 15 is 0 Å². The van der Waals surface area contributed by atoms with E-state index in [0.717, 1.165) is 0 Å². The minimum absolute atomic E-state index is 0.0121. The molecular weight excluding hydrogens is 396 g/mol. The smallest absolute Gasteiger partial charge is 0.198 e. The van der Waals surface area contributed by atoms with Gasteiger partial charge in [0.1, 0.15) is 0 Å². The van der Waals surface area contributed by atoms with Crippen molar-refractivity contribution in [1.29, 1.82) is 0 Å². The van der Waals surface area contributed by atoms with Gasteiger partial charge in [-0.15, -0.1) is 6.58 Å². The highest BCUT2D eigenvalue weighted by molar-refractivity contribution is 8.10. The molecule has 2 aromatic carbocycles. The maximum absolute atomic E-state index is 13.7. The Morgan fingerprint density at radius 1 is 0.893 bits per heavy atom. The van der Waals surface area contributed by atoms with Gasteiger partial charge in [-0.1, -0.05) is 42.5 Å². The van der Waals surface area contributed by atoms with Gasteiger partial charge in [-0.25, -0.2) is 16.8 Å². The summed E-state index contributed by atoms with van der Waals surface area (Å²) in [6, 6.07) is 15.4. The predicted octanol–water partition coefficient (Wildman–Crippen LogP) is 3.23. The van der Waals surface area contributed by atoms with Crippen LogP contribution in [0.5, 0.6) is 0 Å². The Kier molecular flexibility index (Phi) is 5.79. The molecule has 0 saturated heterocycles. The summed E-state index contributed by atoms with van der Waals surface area (Å²) in [6.07, 6.45) is 1.80. The van der Waals surface area contributed by atoms with Gasteiger partial charge < -0.3 is 5.11 Å². The Balaban J connectivity index is 2.26. The maximum atomic E-state index is 13.7. The third-order valence-electron chi connectivity index (χ3n) is 5.61. The van der Waals surface area contributed by atoms with Gasteiger partial charge in [-0.3, -0.25) is 0 Å². The molecule has 0 aliphatic heterocycles. The van der Waals surface area contributed by atoms with Crippen molar-refractivity contribution in [3.05, 3.63) is 73.3 Å². The van der Waals surface area contributed by atoms with Crippen LogP contribution >= 0.6 is 0 Å². The highest BCUT2D eigenvalue weighted by atomic mass is 32.3. The molecule has 0 unspecified atom stereocenters. The Labute approximate surface area is 166 Å². The zero-order valence-electron chi connectivity index (χ0n) is 15.4. The van der Waals surface area contributed by atoms with E-state index in [9.17, 15) is 21.9 Å². The van der Waals surface area contributed by atoms with Crippen LogP contribution in [0.4, 0.5) is 0 Å². The normalized spacial score (nSPS) is 22.0. The number of allylic oxidation sites excluding steroid dienone is 1. The van der Waals surface area contributed by atoms with Gasteiger partial charge >= 0.3 is 0 Å². The number of rotatable bonds is 7. The lowest BCUT2D eigenvalue weighted by molar-refractivity contribution is 0.246. The first-order valence-electron chi connectivity index (χ1n) is 9.13. The first kappa shape index (κ1) is 20.8. The number of hydrogen-bond acceptors (Lipinski definition) is 5. The van der Waals surface area contributed by atoms with Crippen molar-refractivity contribution < 1.29 is 21.9 Å². The van der Waals surface area contributed by atoms with E-state index in [-0.39, 0.29) is 41.1 Å². The fraction of sp³-hybridized carbons (Fsp3) is 0.333. The minimum Gasteiger partial charge on any atom is -0.396 e. The molecule has 0 heterocycles. The summed E-state index contributed by atoms with van der Waals surface area (Å²) in [7, 11) is -8.44. The summed E-state index contributed by atoms with van der Waals surface area (Å²) in [4.78, 5) is -0.0241. The molecular formula is C21H24O5S2. The standard InChI is InChI=1S/C21H24O5S2/c1-2-17-15-21(16-18(17)13-14-22,27(23,24)19-9-5-3-6-10-19)28(25,26)20-11-7-4-8-12-20/h2-12,17-18,22H,1,13-16H2/t17-,18+/m0/s1. The van der Waals surface area contributed by atoms with Crippen LogP contribution < -0.4 is 0 Å². The van der Waals surface area contributed by atoms with Gasteiger partial charge in [0.15, 0.2) is 23.8 Å². The van der Waals surface area contributed by atoms with Crippen LogP contribution in [0.25, 0.3) is 0 Å². The van der Waals surface area contributed by atoms with E-state index in [2.05, 4.69) is 6.58 Å². The molecule has 3 rings (SSSR count). The lowest BCUT2D eigenvalue weighted by atomic mass is 9.94. The third-order valence-corrected chi connectivity index (χ3v) is 11.3. The summed E-state index contributed by atoms with van der Waals surface area (Å²) < 4.78 is 52.8. The molecule has 0 spiro atoms. The fourth-order valence-corrected chi connectivity index (χ4v) is 9.44. The molecule has 0 amide bonds. The molecule has 0 radical (unpaired) electrons. The van der Waals surface area contributed by atoms with Crippen molar-refractivity contribution in [3.63, 3.8) is 0 Å². The molecule has 1 N–H and O–H groups in total. The zero-order chi connectivity index (χ0) is 20.4. The van der Waals surface area contributed by atoms with Crippen molar-refractivity contribution in [3.8, 4) is 0 Å². The van der Waals surface area contributed by atoms with Gasteiger partial charge in [0, 0.05) is 6.61 Å². The number of hydrogen-bond donors (Lipinski definition) is 1. The van der Waals surface area contributed by atoms with Crippen LogP contribution in [0.2, 0.25) is 0 Å². The van der Waals surface area contributed by atoms with E-state index in [1.165, 1.54) is 24.3 Å². The van der Waals surface area contributed by atoms with E-state index in [1.807, 2.05) is 0 Å². The molecule has 1 aliphatic rings. The van der Waals surface area contributed by atoms with Crippen molar-refractivity contribution in [2.45, 2.75) is 33.1 Å². The van der Waals surface area contributed by atoms with Gasteiger partial charge in [0.2, 0.25) is 0 Å². The van der Waals surface area contributed by atoms with Crippen LogP contribution in [-0.2, 0) is 19.7 Å². The number of aliphatic hydroxyl groups is 1. The summed E-state index contributed by atoms with van der Waals surface area (Å²) in [5.41, 5.74) is 0. The van der Waals surface area contributed by atoms with Gasteiger partial charge in [0.25, 0.3) is 0 Å². The average Bonchev–Trinajstić information content (AvgIpc) is 3.10. The first-order valence-corrected chi connectivity index (χ1v) is 12.1. The molecule has 1 aliphatic carbocycles. The van der Waals surface area contributed by atoms with Gasteiger partial charge in [0.05, 0.1) is 9.79 Å². The van der Waals surface area contributed by atoms with Crippen LogP contribution in [-0.4, -0.2) is 32.6 Å². The van der Waals surface area contributed by atoms with Gasteiger partial charge in [-0.2, -0.15) is 0 Å². The zero-order valence-corrected chi connectivity index (χ0v) is 17.1. The highest BCUT2D eigenvalue weighted by Crippen LogP contribution is 2.53. The number of benzene rings is 2. The second-order valence-corrected chi connectivity index (χ2v) is 11.9. The molecule has 7 heteroatoms. The summed E-state index contributed by atoms with van der Waals surface area (Å²) in [5, 5.41) is 9.42. The predicted molar refractivity (Wildman–Crippen MR) is 108 cm³/mol. The second-order valence-electron chi connectivity index (χ2n) is 7.12. The first-order chi connectivity index (χ1) is 13.3. The molecule has 2 atom stereocenters. The second kappa shape index (κ2) is 7.81. The molecule has 0 aromatic heterocycles. The Bertz CT molecular complexity index is 959. The Hall–Kier alpha value is -1.96. The topological polar surface area (TPSA) is 88.5 Å². The summed E-state index contributed by atoms with van der Waals surface area (Å²) in [5.74, 6) is -0.594. The summed E-state index contributed by atoms with van der Waals surface area (Å²) >= 11 is 0. The molecule has 5 nitrogen and oxygen atoms in total. The van der Waals surface area contributed by atoms with Crippen LogP contribution in [0, 0.1) is 11.8 Å². The van der Waals surface area contributed by atoms with Crippen LogP contribution in [0.3, 0.4) is 0 Å². The fourth-order valence-electron chi connectivity index (χ4n) is 4.13. The van der Waals surface area contributed by atoms with Gasteiger partial charge in [-0.05, 0) is 55.4 Å².